The Kier molecular flexibility index (Phi) is 7.20. The van der Waals surface area contributed by atoms with Gasteiger partial charge in [-0.25, -0.2) is 0 Å². The number of hydrogen-bond acceptors (Lipinski definition) is 4. The van der Waals surface area contributed by atoms with Gasteiger partial charge in [-0.3, -0.25) is 0 Å². The molecular weight excluding hydrogens is 244 g/mol. The highest BCUT2D eigenvalue weighted by Gasteiger charge is 2.10. The summed E-state index contributed by atoms with van der Waals surface area (Å²) >= 11 is 1.84. The normalized spacial score (nSPS) is 12.6. The lowest BCUT2D eigenvalue weighted by Crippen LogP contribution is -2.30. The number of rotatable bonds is 9. The van der Waals surface area contributed by atoms with Crippen LogP contribution in [0, 0.1) is 0 Å². The molecule has 0 bridgehead atoms. The summed E-state index contributed by atoms with van der Waals surface area (Å²) < 4.78 is 5.45. The maximum atomic E-state index is 5.81. The van der Waals surface area contributed by atoms with Crippen molar-refractivity contribution in [2.75, 3.05) is 26.3 Å². The van der Waals surface area contributed by atoms with E-state index in [4.69, 9.17) is 10.5 Å². The fourth-order valence-electron chi connectivity index (χ4n) is 1.62. The summed E-state index contributed by atoms with van der Waals surface area (Å²) in [6, 6.07) is 4.59. The van der Waals surface area contributed by atoms with Crippen LogP contribution in [-0.2, 0) is 11.2 Å². The van der Waals surface area contributed by atoms with Crippen molar-refractivity contribution in [3.63, 3.8) is 0 Å². The van der Waals surface area contributed by atoms with Crippen LogP contribution in [0.1, 0.15) is 29.6 Å². The van der Waals surface area contributed by atoms with Gasteiger partial charge in [0.05, 0.1) is 19.3 Å². The fraction of sp³-hybridized carbons (Fsp3) is 0.571. The second-order valence-electron chi connectivity index (χ2n) is 4.41. The molecule has 0 radical (unpaired) electrons. The summed E-state index contributed by atoms with van der Waals surface area (Å²) in [5.41, 5.74) is 6.86. The lowest BCUT2D eigenvalue weighted by Gasteiger charge is -2.15. The first kappa shape index (κ1) is 15.4. The molecule has 4 heteroatoms. The molecule has 1 rings (SSSR count). The molecule has 102 valence electrons. The van der Waals surface area contributed by atoms with Gasteiger partial charge in [-0.1, -0.05) is 19.1 Å². The minimum atomic E-state index is 0.240. The zero-order chi connectivity index (χ0) is 13.4. The van der Waals surface area contributed by atoms with Crippen LogP contribution in [0.2, 0.25) is 0 Å². The van der Waals surface area contributed by atoms with Crippen LogP contribution in [0.3, 0.4) is 0 Å². The standard InChI is InChI=1S/C14H24N2OS/c1-4-12-5-6-14(18-12)13(9-15)16-7-8-17-10-11(2)3/h5-6,13,16H,2,4,7-10,15H2,1,3H3. The fourth-order valence-corrected chi connectivity index (χ4v) is 2.66. The van der Waals surface area contributed by atoms with Crippen LogP contribution in [0.15, 0.2) is 24.3 Å². The first-order valence-corrected chi connectivity index (χ1v) is 7.23. The van der Waals surface area contributed by atoms with Gasteiger partial charge in [0.1, 0.15) is 0 Å². The Morgan fingerprint density at radius 1 is 1.56 bits per heavy atom. The third kappa shape index (κ3) is 5.31. The summed E-state index contributed by atoms with van der Waals surface area (Å²) in [5, 5.41) is 3.43. The minimum absolute atomic E-state index is 0.240. The van der Waals surface area contributed by atoms with Crippen LogP contribution in [-0.4, -0.2) is 26.3 Å². The van der Waals surface area contributed by atoms with E-state index in [9.17, 15) is 0 Å². The van der Waals surface area contributed by atoms with E-state index in [1.165, 1.54) is 9.75 Å². The first-order valence-electron chi connectivity index (χ1n) is 6.41. The largest absolute Gasteiger partial charge is 0.376 e. The van der Waals surface area contributed by atoms with Crippen LogP contribution in [0.4, 0.5) is 0 Å². The van der Waals surface area contributed by atoms with Gasteiger partial charge >= 0.3 is 0 Å². The highest BCUT2D eigenvalue weighted by atomic mass is 32.1. The van der Waals surface area contributed by atoms with Crippen molar-refractivity contribution >= 4 is 11.3 Å². The Hall–Kier alpha value is -0.680. The number of thiophene rings is 1. The number of aryl methyl sites for hydroxylation is 1. The Balaban J connectivity index is 2.31. The molecule has 1 aromatic rings. The van der Waals surface area contributed by atoms with Crippen molar-refractivity contribution in [2.24, 2.45) is 5.73 Å². The number of ether oxygens (including phenoxy) is 1. The van der Waals surface area contributed by atoms with Crippen molar-refractivity contribution in [1.82, 2.24) is 5.32 Å². The molecule has 0 aliphatic heterocycles. The van der Waals surface area contributed by atoms with E-state index in [0.717, 1.165) is 18.5 Å². The molecule has 0 aliphatic carbocycles. The van der Waals surface area contributed by atoms with Gasteiger partial charge in [0.25, 0.3) is 0 Å². The van der Waals surface area contributed by atoms with Crippen LogP contribution in [0.5, 0.6) is 0 Å². The number of nitrogens with two attached hydrogens (primary N) is 1. The molecular formula is C14H24N2OS. The zero-order valence-corrected chi connectivity index (χ0v) is 12.2. The van der Waals surface area contributed by atoms with E-state index in [1.54, 1.807) is 0 Å². The van der Waals surface area contributed by atoms with Gasteiger partial charge in [0.2, 0.25) is 0 Å². The van der Waals surface area contributed by atoms with Crippen LogP contribution in [0.25, 0.3) is 0 Å². The van der Waals surface area contributed by atoms with Crippen molar-refractivity contribution in [2.45, 2.75) is 26.3 Å². The van der Waals surface area contributed by atoms with E-state index in [2.05, 4.69) is 31.0 Å². The molecule has 0 saturated carbocycles. The second kappa shape index (κ2) is 8.43. The SMILES string of the molecule is C=C(C)COCCNC(CN)c1ccc(CC)s1. The Bertz CT molecular complexity index is 362. The molecule has 3 N–H and O–H groups in total. The molecule has 0 aromatic carbocycles. The summed E-state index contributed by atoms with van der Waals surface area (Å²) in [6.45, 7) is 10.7. The van der Waals surface area contributed by atoms with Crippen molar-refractivity contribution in [3.8, 4) is 0 Å². The van der Waals surface area contributed by atoms with Gasteiger partial charge in [-0.15, -0.1) is 11.3 Å². The maximum Gasteiger partial charge on any atom is 0.0672 e. The molecule has 0 saturated heterocycles. The van der Waals surface area contributed by atoms with E-state index in [-0.39, 0.29) is 6.04 Å². The number of nitrogens with one attached hydrogen (secondary N) is 1. The third-order valence-electron chi connectivity index (χ3n) is 2.60. The summed E-state index contributed by atoms with van der Waals surface area (Å²) in [4.78, 5) is 2.72. The molecule has 0 spiro atoms. The number of hydrogen-bond donors (Lipinski definition) is 2. The van der Waals surface area contributed by atoms with Gasteiger partial charge in [-0.2, -0.15) is 0 Å². The van der Waals surface area contributed by atoms with Gasteiger partial charge < -0.3 is 15.8 Å². The predicted molar refractivity (Wildman–Crippen MR) is 79.1 cm³/mol. The molecule has 18 heavy (non-hydrogen) atoms. The average molecular weight is 268 g/mol. The van der Waals surface area contributed by atoms with E-state index in [0.29, 0.717) is 19.8 Å². The van der Waals surface area contributed by atoms with Gasteiger partial charge in [-0.05, 0) is 25.5 Å². The molecule has 0 aliphatic rings. The topological polar surface area (TPSA) is 47.3 Å². The third-order valence-corrected chi connectivity index (χ3v) is 3.94. The Morgan fingerprint density at radius 2 is 2.33 bits per heavy atom. The quantitative estimate of drug-likeness (QED) is 0.534. The Labute approximate surface area is 114 Å². The van der Waals surface area contributed by atoms with Gasteiger partial charge in [0.15, 0.2) is 0 Å². The molecule has 0 fully saturated rings. The molecule has 1 atom stereocenters. The van der Waals surface area contributed by atoms with E-state index in [1.807, 2.05) is 18.3 Å². The highest BCUT2D eigenvalue weighted by molar-refractivity contribution is 7.12. The second-order valence-corrected chi connectivity index (χ2v) is 5.61. The van der Waals surface area contributed by atoms with Crippen LogP contribution >= 0.6 is 11.3 Å². The summed E-state index contributed by atoms with van der Waals surface area (Å²) in [6.07, 6.45) is 1.09. The molecule has 1 aromatic heterocycles. The Morgan fingerprint density at radius 3 is 2.89 bits per heavy atom. The molecule has 3 nitrogen and oxygen atoms in total. The summed E-state index contributed by atoms with van der Waals surface area (Å²) in [5.74, 6) is 0. The lowest BCUT2D eigenvalue weighted by molar-refractivity contribution is 0.155. The van der Waals surface area contributed by atoms with Crippen LogP contribution < -0.4 is 11.1 Å². The summed E-state index contributed by atoms with van der Waals surface area (Å²) in [7, 11) is 0. The van der Waals surface area contributed by atoms with Crippen molar-refractivity contribution in [3.05, 3.63) is 34.0 Å². The highest BCUT2D eigenvalue weighted by Crippen LogP contribution is 2.22. The minimum Gasteiger partial charge on any atom is -0.376 e. The average Bonchev–Trinajstić information content (AvgIpc) is 2.82. The predicted octanol–water partition coefficient (Wildman–Crippen LogP) is 2.49. The smallest absolute Gasteiger partial charge is 0.0672 e. The van der Waals surface area contributed by atoms with Crippen molar-refractivity contribution < 1.29 is 4.74 Å². The van der Waals surface area contributed by atoms with E-state index < -0.39 is 0 Å². The first-order chi connectivity index (χ1) is 8.67. The maximum absolute atomic E-state index is 5.81. The lowest BCUT2D eigenvalue weighted by atomic mass is 10.2. The molecule has 1 unspecified atom stereocenters. The van der Waals surface area contributed by atoms with Gasteiger partial charge in [0, 0.05) is 22.8 Å². The molecule has 0 amide bonds. The molecule has 1 heterocycles. The van der Waals surface area contributed by atoms with Crippen molar-refractivity contribution in [1.29, 1.82) is 0 Å². The zero-order valence-electron chi connectivity index (χ0n) is 11.4. The van der Waals surface area contributed by atoms with E-state index >= 15 is 0 Å². The monoisotopic (exact) mass is 268 g/mol.